The molecule has 1 fully saturated rings. The van der Waals surface area contributed by atoms with Crippen molar-refractivity contribution in [2.75, 3.05) is 13.1 Å². The quantitative estimate of drug-likeness (QED) is 0.868. The minimum absolute atomic E-state index is 0.0893. The fraction of sp³-hybridized carbons (Fsp3) is 0.421. The van der Waals surface area contributed by atoms with Gasteiger partial charge in [-0.25, -0.2) is 4.68 Å². The molecule has 1 aromatic carbocycles. The second-order valence-electron chi connectivity index (χ2n) is 6.91. The zero-order valence-electron chi connectivity index (χ0n) is 14.9. The lowest BCUT2D eigenvalue weighted by Gasteiger charge is -2.20. The van der Waals surface area contributed by atoms with Crippen LogP contribution in [0.15, 0.2) is 42.6 Å². The smallest absolute Gasteiger partial charge is 0.246 e. The summed E-state index contributed by atoms with van der Waals surface area (Å²) in [5.74, 6) is -0.0893. The summed E-state index contributed by atoms with van der Waals surface area (Å²) in [5, 5.41) is 19.1. The first-order valence-corrected chi connectivity index (χ1v) is 8.56. The molecule has 2 heterocycles. The Balaban J connectivity index is 1.72. The van der Waals surface area contributed by atoms with Gasteiger partial charge in [0.15, 0.2) is 0 Å². The topological polar surface area (TPSA) is 71.2 Å². The van der Waals surface area contributed by atoms with Crippen LogP contribution in [0.5, 0.6) is 0 Å². The maximum absolute atomic E-state index is 12.6. The van der Waals surface area contributed by atoms with Crippen molar-refractivity contribution >= 4 is 11.5 Å². The van der Waals surface area contributed by atoms with Crippen molar-refractivity contribution in [1.29, 1.82) is 0 Å². The molecule has 0 bridgehead atoms. The number of β-amino-alcohol motifs (C(OH)–C–C–N with tert-alkyl or cyclic N) is 1. The largest absolute Gasteiger partial charge is 0.381 e. The van der Waals surface area contributed by atoms with Gasteiger partial charge in [0.2, 0.25) is 5.91 Å². The second kappa shape index (κ2) is 6.80. The lowest BCUT2D eigenvalue weighted by molar-refractivity contribution is -0.126. The van der Waals surface area contributed by atoms with Crippen molar-refractivity contribution in [2.45, 2.75) is 38.8 Å². The van der Waals surface area contributed by atoms with Gasteiger partial charge in [-0.2, -0.15) is 0 Å². The lowest BCUT2D eigenvalue weighted by atomic mass is 10.00. The molecule has 1 N–H and O–H groups in total. The maximum atomic E-state index is 12.6. The van der Waals surface area contributed by atoms with Crippen LogP contribution in [0.3, 0.4) is 0 Å². The summed E-state index contributed by atoms with van der Waals surface area (Å²) in [4.78, 5) is 14.2. The fourth-order valence-corrected chi connectivity index (χ4v) is 2.99. The van der Waals surface area contributed by atoms with Crippen LogP contribution < -0.4 is 0 Å². The van der Waals surface area contributed by atoms with Crippen molar-refractivity contribution in [2.24, 2.45) is 0 Å². The van der Waals surface area contributed by atoms with Crippen LogP contribution in [0.1, 0.15) is 44.5 Å². The number of hydrogen-bond acceptors (Lipinski definition) is 4. The van der Waals surface area contributed by atoms with Gasteiger partial charge in [0.05, 0.1) is 12.7 Å². The Bertz CT molecular complexity index is 782. The summed E-state index contributed by atoms with van der Waals surface area (Å²) in [6.45, 7) is 6.67. The summed E-state index contributed by atoms with van der Waals surface area (Å²) in [7, 11) is 0. The van der Waals surface area contributed by atoms with Crippen LogP contribution in [0.4, 0.5) is 0 Å². The molecule has 1 unspecified atom stereocenters. The van der Waals surface area contributed by atoms with Crippen LogP contribution in [0.2, 0.25) is 0 Å². The van der Waals surface area contributed by atoms with E-state index < -0.39 is 5.60 Å². The van der Waals surface area contributed by atoms with Crippen LogP contribution in [-0.4, -0.2) is 44.0 Å². The molecule has 1 aliphatic rings. The van der Waals surface area contributed by atoms with Crippen LogP contribution >= 0.6 is 0 Å². The zero-order chi connectivity index (χ0) is 18.0. The highest BCUT2D eigenvalue weighted by atomic mass is 16.3. The predicted molar refractivity (Wildman–Crippen MR) is 95.6 cm³/mol. The van der Waals surface area contributed by atoms with Gasteiger partial charge in [0.25, 0.3) is 0 Å². The lowest BCUT2D eigenvalue weighted by Crippen LogP contribution is -2.34. The van der Waals surface area contributed by atoms with Crippen molar-refractivity contribution < 1.29 is 9.90 Å². The van der Waals surface area contributed by atoms with E-state index >= 15 is 0 Å². The van der Waals surface area contributed by atoms with Crippen molar-refractivity contribution in [1.82, 2.24) is 19.9 Å². The third-order valence-corrected chi connectivity index (χ3v) is 4.64. The minimum atomic E-state index is -1.13. The van der Waals surface area contributed by atoms with Crippen LogP contribution in [0, 0.1) is 0 Å². The number of hydrogen-bond donors (Lipinski definition) is 1. The second-order valence-corrected chi connectivity index (χ2v) is 6.91. The zero-order valence-corrected chi connectivity index (χ0v) is 14.9. The molecular formula is C19H24N4O2. The van der Waals surface area contributed by atoms with E-state index in [9.17, 15) is 9.90 Å². The molecule has 6 nitrogen and oxygen atoms in total. The molecule has 6 heteroatoms. The molecule has 1 aromatic heterocycles. The first-order valence-electron chi connectivity index (χ1n) is 8.56. The van der Waals surface area contributed by atoms with Gasteiger partial charge < -0.3 is 10.0 Å². The highest BCUT2D eigenvalue weighted by Crippen LogP contribution is 2.31. The standard InChI is InChI=1S/C19H24N4O2/c1-14(2)23-12-17(20-21-23)19(25)9-10-22(13-19)18(24)11-15(3)16-7-5-4-6-8-16/h4-8,11-12,14,25H,9-10,13H2,1-3H3/b15-11+. The number of rotatable bonds is 4. The molecular weight excluding hydrogens is 316 g/mol. The number of benzene rings is 1. The molecule has 1 saturated heterocycles. The number of amides is 1. The first-order chi connectivity index (χ1) is 11.9. The molecule has 1 aliphatic heterocycles. The molecule has 0 spiro atoms. The molecule has 0 saturated carbocycles. The number of carbonyl (C=O) groups is 1. The van der Waals surface area contributed by atoms with Crippen LogP contribution in [-0.2, 0) is 10.4 Å². The maximum Gasteiger partial charge on any atom is 0.246 e. The van der Waals surface area contributed by atoms with Gasteiger partial charge in [0, 0.05) is 25.1 Å². The SMILES string of the molecule is C/C(=C\C(=O)N1CCC(O)(c2cn(C(C)C)nn2)C1)c1ccccc1. The van der Waals surface area contributed by atoms with Gasteiger partial charge in [0.1, 0.15) is 11.3 Å². The van der Waals surface area contributed by atoms with E-state index in [2.05, 4.69) is 10.3 Å². The number of carbonyl (C=O) groups excluding carboxylic acids is 1. The van der Waals surface area contributed by atoms with E-state index in [4.69, 9.17) is 0 Å². The fourth-order valence-electron chi connectivity index (χ4n) is 2.99. The monoisotopic (exact) mass is 340 g/mol. The van der Waals surface area contributed by atoms with E-state index in [1.807, 2.05) is 51.1 Å². The number of aliphatic hydroxyl groups is 1. The van der Waals surface area contributed by atoms with Gasteiger partial charge in [-0.15, -0.1) is 5.10 Å². The van der Waals surface area contributed by atoms with E-state index in [0.717, 1.165) is 11.1 Å². The Morgan fingerprint density at radius 1 is 1.32 bits per heavy atom. The molecule has 1 amide bonds. The van der Waals surface area contributed by atoms with Gasteiger partial charge in [-0.3, -0.25) is 4.79 Å². The number of aromatic nitrogens is 3. The Morgan fingerprint density at radius 3 is 2.68 bits per heavy atom. The van der Waals surface area contributed by atoms with Crippen LogP contribution in [0.25, 0.3) is 5.57 Å². The molecule has 0 aliphatic carbocycles. The number of likely N-dealkylation sites (tertiary alicyclic amines) is 1. The average molecular weight is 340 g/mol. The third-order valence-electron chi connectivity index (χ3n) is 4.64. The van der Waals surface area contributed by atoms with E-state index in [1.165, 1.54) is 0 Å². The molecule has 3 rings (SSSR count). The Morgan fingerprint density at radius 2 is 2.04 bits per heavy atom. The molecule has 0 radical (unpaired) electrons. The normalized spacial score (nSPS) is 21.2. The summed E-state index contributed by atoms with van der Waals surface area (Å²) in [5.41, 5.74) is 1.33. The van der Waals surface area contributed by atoms with Gasteiger partial charge in [-0.05, 0) is 31.9 Å². The summed E-state index contributed by atoms with van der Waals surface area (Å²) >= 11 is 0. The van der Waals surface area contributed by atoms with Gasteiger partial charge in [-0.1, -0.05) is 35.5 Å². The Kier molecular flexibility index (Phi) is 4.72. The average Bonchev–Trinajstić information content (AvgIpc) is 3.23. The summed E-state index contributed by atoms with van der Waals surface area (Å²) in [6.07, 6.45) is 3.86. The van der Waals surface area contributed by atoms with E-state index in [1.54, 1.807) is 21.9 Å². The van der Waals surface area contributed by atoms with E-state index in [-0.39, 0.29) is 18.5 Å². The van der Waals surface area contributed by atoms with Crippen molar-refractivity contribution in [3.8, 4) is 0 Å². The molecule has 1 atom stereocenters. The van der Waals surface area contributed by atoms with Gasteiger partial charge >= 0.3 is 0 Å². The highest BCUT2D eigenvalue weighted by Gasteiger charge is 2.41. The van der Waals surface area contributed by atoms with Crippen molar-refractivity contribution in [3.63, 3.8) is 0 Å². The molecule has 132 valence electrons. The third kappa shape index (κ3) is 3.64. The Hall–Kier alpha value is -2.47. The Labute approximate surface area is 147 Å². The predicted octanol–water partition coefficient (Wildman–Crippen LogP) is 2.38. The number of allylic oxidation sites excluding steroid dienone is 1. The first kappa shape index (κ1) is 17.4. The molecule has 2 aromatic rings. The molecule has 25 heavy (non-hydrogen) atoms. The summed E-state index contributed by atoms with van der Waals surface area (Å²) < 4.78 is 1.72. The van der Waals surface area contributed by atoms with Crippen molar-refractivity contribution in [3.05, 3.63) is 53.9 Å². The van der Waals surface area contributed by atoms with E-state index in [0.29, 0.717) is 18.7 Å². The highest BCUT2D eigenvalue weighted by molar-refractivity contribution is 5.95. The minimum Gasteiger partial charge on any atom is -0.381 e. The number of nitrogens with zero attached hydrogens (tertiary/aromatic N) is 4. The summed E-state index contributed by atoms with van der Waals surface area (Å²) in [6, 6.07) is 9.98.